The second-order valence-corrected chi connectivity index (χ2v) is 6.04. The van der Waals surface area contributed by atoms with Crippen molar-refractivity contribution in [3.63, 3.8) is 0 Å². The third-order valence-electron chi connectivity index (χ3n) is 4.82. The maximum absolute atomic E-state index is 12.7. The Hall–Kier alpha value is -2.17. The lowest BCUT2D eigenvalue weighted by molar-refractivity contribution is -0.0439. The Kier molecular flexibility index (Phi) is 3.63. The highest BCUT2D eigenvalue weighted by Gasteiger charge is 2.51. The van der Waals surface area contributed by atoms with E-state index in [1.165, 1.54) is 0 Å². The van der Waals surface area contributed by atoms with Crippen molar-refractivity contribution in [2.75, 3.05) is 19.9 Å². The van der Waals surface area contributed by atoms with Crippen LogP contribution in [0.2, 0.25) is 0 Å². The first-order valence-corrected chi connectivity index (χ1v) is 7.95. The summed E-state index contributed by atoms with van der Waals surface area (Å²) < 4.78 is 11.8. The summed E-state index contributed by atoms with van der Waals surface area (Å²) in [5.74, 6) is 0.0581. The first kappa shape index (κ1) is 14.4. The summed E-state index contributed by atoms with van der Waals surface area (Å²) in [6.45, 7) is 1.51. The highest BCUT2D eigenvalue weighted by atomic mass is 16.7. The van der Waals surface area contributed by atoms with Gasteiger partial charge in [-0.3, -0.25) is 4.79 Å². The highest BCUT2D eigenvalue weighted by molar-refractivity contribution is 5.94. The second-order valence-electron chi connectivity index (χ2n) is 6.04. The van der Waals surface area contributed by atoms with Crippen LogP contribution in [0.3, 0.4) is 0 Å². The molecule has 2 aromatic carbocycles. The zero-order chi connectivity index (χ0) is 15.7. The average Bonchev–Trinajstić information content (AvgIpc) is 3.07. The molecule has 4 nitrogen and oxygen atoms in total. The topological polar surface area (TPSA) is 38.8 Å². The van der Waals surface area contributed by atoms with Gasteiger partial charge in [0.05, 0.1) is 6.54 Å². The molecular weight excluding hydrogens is 290 g/mol. The van der Waals surface area contributed by atoms with Crippen LogP contribution in [-0.4, -0.2) is 36.8 Å². The van der Waals surface area contributed by atoms with Crippen LogP contribution in [-0.2, 0) is 15.1 Å². The van der Waals surface area contributed by atoms with Gasteiger partial charge in [0.25, 0.3) is 5.91 Å². The fraction of sp³-hybridized carbons (Fsp3) is 0.316. The molecule has 0 bridgehead atoms. The van der Waals surface area contributed by atoms with Gasteiger partial charge in [-0.25, -0.2) is 0 Å². The summed E-state index contributed by atoms with van der Waals surface area (Å²) in [6.07, 6.45) is 0.631. The van der Waals surface area contributed by atoms with Gasteiger partial charge in [0.2, 0.25) is 0 Å². The number of likely N-dealkylation sites (tertiary alicyclic amines) is 1. The number of nitrogens with zero attached hydrogens (tertiary/aromatic N) is 1. The molecule has 23 heavy (non-hydrogen) atoms. The number of ether oxygens (including phenoxy) is 2. The van der Waals surface area contributed by atoms with Crippen molar-refractivity contribution < 1.29 is 14.3 Å². The number of rotatable bonds is 2. The molecule has 4 heteroatoms. The number of benzene rings is 2. The molecule has 0 N–H and O–H groups in total. The largest absolute Gasteiger partial charge is 0.347 e. The van der Waals surface area contributed by atoms with E-state index in [0.29, 0.717) is 13.1 Å². The molecule has 2 aliphatic heterocycles. The smallest absolute Gasteiger partial charge is 0.253 e. The summed E-state index contributed by atoms with van der Waals surface area (Å²) in [7, 11) is 0. The lowest BCUT2D eigenvalue weighted by Crippen LogP contribution is -2.53. The van der Waals surface area contributed by atoms with E-state index in [0.717, 1.165) is 17.5 Å². The van der Waals surface area contributed by atoms with Crippen LogP contribution in [0, 0.1) is 0 Å². The normalized spacial score (nSPS) is 26.8. The Morgan fingerprint density at radius 2 is 1.74 bits per heavy atom. The molecule has 2 heterocycles. The number of fused-ring (bicyclic) bond motifs is 1. The molecule has 2 unspecified atom stereocenters. The molecule has 4 rings (SSSR count). The fourth-order valence-electron chi connectivity index (χ4n) is 3.56. The number of piperidine rings is 1. The van der Waals surface area contributed by atoms with E-state index >= 15 is 0 Å². The van der Waals surface area contributed by atoms with E-state index in [1.54, 1.807) is 0 Å². The van der Waals surface area contributed by atoms with Crippen molar-refractivity contribution in [1.29, 1.82) is 0 Å². The molecule has 0 radical (unpaired) electrons. The third kappa shape index (κ3) is 2.44. The Morgan fingerprint density at radius 1 is 1.04 bits per heavy atom. The molecule has 2 atom stereocenters. The van der Waals surface area contributed by atoms with Crippen LogP contribution in [0.4, 0.5) is 0 Å². The van der Waals surface area contributed by atoms with Crippen LogP contribution < -0.4 is 0 Å². The van der Waals surface area contributed by atoms with E-state index in [9.17, 15) is 4.79 Å². The summed E-state index contributed by atoms with van der Waals surface area (Å²) in [5.41, 5.74) is 1.43. The van der Waals surface area contributed by atoms with Crippen LogP contribution >= 0.6 is 0 Å². The molecule has 118 valence electrons. The molecule has 1 amide bonds. The van der Waals surface area contributed by atoms with Crippen molar-refractivity contribution in [1.82, 2.24) is 4.90 Å². The standard InChI is InChI=1S/C19H19NO3/c21-18(15-7-3-1-4-8-15)20-12-11-19(16-9-5-2-6-10-16)17(13-20)22-14-23-19/h1-10,17H,11-14H2. The van der Waals surface area contributed by atoms with Crippen molar-refractivity contribution in [2.24, 2.45) is 0 Å². The van der Waals surface area contributed by atoms with Gasteiger partial charge in [-0.1, -0.05) is 48.5 Å². The van der Waals surface area contributed by atoms with E-state index in [1.807, 2.05) is 53.4 Å². The van der Waals surface area contributed by atoms with E-state index in [-0.39, 0.29) is 18.8 Å². The number of amides is 1. The van der Waals surface area contributed by atoms with Crippen LogP contribution in [0.15, 0.2) is 60.7 Å². The second kappa shape index (κ2) is 5.80. The number of carbonyl (C=O) groups is 1. The summed E-state index contributed by atoms with van der Waals surface area (Å²) in [4.78, 5) is 14.5. The minimum absolute atomic E-state index is 0.0581. The quantitative estimate of drug-likeness (QED) is 0.856. The van der Waals surface area contributed by atoms with Crippen LogP contribution in [0.1, 0.15) is 22.3 Å². The van der Waals surface area contributed by atoms with Gasteiger partial charge < -0.3 is 14.4 Å². The average molecular weight is 309 g/mol. The molecule has 0 aliphatic carbocycles. The maximum atomic E-state index is 12.7. The van der Waals surface area contributed by atoms with Crippen molar-refractivity contribution >= 4 is 5.91 Å². The number of hydrogen-bond donors (Lipinski definition) is 0. The van der Waals surface area contributed by atoms with Gasteiger partial charge in [0.15, 0.2) is 0 Å². The fourth-order valence-corrected chi connectivity index (χ4v) is 3.56. The molecule has 2 aromatic rings. The van der Waals surface area contributed by atoms with E-state index in [4.69, 9.17) is 9.47 Å². The van der Waals surface area contributed by atoms with Gasteiger partial charge in [0.1, 0.15) is 18.5 Å². The summed E-state index contributed by atoms with van der Waals surface area (Å²) >= 11 is 0. The Bertz CT molecular complexity index is 688. The Balaban J connectivity index is 1.57. The minimum Gasteiger partial charge on any atom is -0.347 e. The first-order valence-electron chi connectivity index (χ1n) is 7.95. The van der Waals surface area contributed by atoms with Crippen molar-refractivity contribution in [3.05, 3.63) is 71.8 Å². The summed E-state index contributed by atoms with van der Waals surface area (Å²) in [6, 6.07) is 19.6. The first-order chi connectivity index (χ1) is 11.3. The van der Waals surface area contributed by atoms with Gasteiger partial charge in [-0.15, -0.1) is 0 Å². The lowest BCUT2D eigenvalue weighted by Gasteiger charge is -2.42. The van der Waals surface area contributed by atoms with Crippen LogP contribution in [0.25, 0.3) is 0 Å². The molecule has 2 fully saturated rings. The van der Waals surface area contributed by atoms with E-state index < -0.39 is 5.60 Å². The lowest BCUT2D eigenvalue weighted by atomic mass is 9.82. The van der Waals surface area contributed by atoms with Crippen LogP contribution in [0.5, 0.6) is 0 Å². The SMILES string of the molecule is O=C(c1ccccc1)N1CCC2(c3ccccc3)OCOC2C1. The zero-order valence-corrected chi connectivity index (χ0v) is 12.9. The van der Waals surface area contributed by atoms with Gasteiger partial charge in [0, 0.05) is 18.5 Å². The third-order valence-corrected chi connectivity index (χ3v) is 4.82. The minimum atomic E-state index is -0.422. The molecular formula is C19H19NO3. The van der Waals surface area contributed by atoms with Crippen molar-refractivity contribution in [3.8, 4) is 0 Å². The molecule has 0 aromatic heterocycles. The Morgan fingerprint density at radius 3 is 2.48 bits per heavy atom. The summed E-state index contributed by atoms with van der Waals surface area (Å²) in [5, 5.41) is 0. The van der Waals surface area contributed by atoms with Gasteiger partial charge in [-0.05, 0) is 17.7 Å². The van der Waals surface area contributed by atoms with Crippen molar-refractivity contribution in [2.45, 2.75) is 18.1 Å². The predicted octanol–water partition coefficient (Wildman–Crippen LogP) is 2.80. The molecule has 2 aliphatic rings. The molecule has 0 saturated carbocycles. The molecule has 2 saturated heterocycles. The monoisotopic (exact) mass is 309 g/mol. The maximum Gasteiger partial charge on any atom is 0.253 e. The zero-order valence-electron chi connectivity index (χ0n) is 12.9. The highest BCUT2D eigenvalue weighted by Crippen LogP contribution is 2.42. The number of carbonyl (C=O) groups excluding carboxylic acids is 1. The van der Waals surface area contributed by atoms with Gasteiger partial charge in [-0.2, -0.15) is 0 Å². The van der Waals surface area contributed by atoms with Gasteiger partial charge >= 0.3 is 0 Å². The number of hydrogen-bond acceptors (Lipinski definition) is 3. The molecule has 0 spiro atoms. The predicted molar refractivity (Wildman–Crippen MR) is 85.9 cm³/mol. The Labute approximate surface area is 135 Å². The van der Waals surface area contributed by atoms with E-state index in [2.05, 4.69) is 12.1 Å².